The largest absolute Gasteiger partial charge is 0.0617 e. The third kappa shape index (κ3) is 7.24. The molecular weight excluding hydrogens is 420 g/mol. The van der Waals surface area contributed by atoms with Crippen molar-refractivity contribution in [1.82, 2.24) is 0 Å². The van der Waals surface area contributed by atoms with Crippen LogP contribution < -0.4 is 0 Å². The predicted molar refractivity (Wildman–Crippen MR) is 158 cm³/mol. The average molecular weight is 477 g/mol. The number of hydrogen-bond acceptors (Lipinski definition) is 0. The van der Waals surface area contributed by atoms with Crippen LogP contribution in [0, 0.1) is 0 Å². The topological polar surface area (TPSA) is 0 Å². The molecule has 0 heteroatoms. The van der Waals surface area contributed by atoms with E-state index < -0.39 is 0 Å². The Bertz CT molecular complexity index is 977. The van der Waals surface area contributed by atoms with Gasteiger partial charge in [-0.05, 0) is 85.3 Å². The predicted octanol–water partition coefficient (Wildman–Crippen LogP) is 10.3. The van der Waals surface area contributed by atoms with Crippen molar-refractivity contribution in [1.29, 1.82) is 0 Å². The highest BCUT2D eigenvalue weighted by molar-refractivity contribution is 5.48. The molecule has 0 aromatic heterocycles. The first kappa shape index (κ1) is 29.7. The summed E-state index contributed by atoms with van der Waals surface area (Å²) in [6, 6.07) is 12.1. The van der Waals surface area contributed by atoms with E-state index in [1.54, 1.807) is 11.1 Å². The minimum atomic E-state index is 0.124. The zero-order valence-electron chi connectivity index (χ0n) is 26.0. The Kier molecular flexibility index (Phi) is 8.24. The summed E-state index contributed by atoms with van der Waals surface area (Å²) in [6.45, 7) is 35.5. The number of benzene rings is 2. The van der Waals surface area contributed by atoms with Gasteiger partial charge in [-0.2, -0.15) is 0 Å². The highest BCUT2D eigenvalue weighted by Gasteiger charge is 2.30. The van der Waals surface area contributed by atoms with Crippen LogP contribution in [0.15, 0.2) is 30.3 Å². The van der Waals surface area contributed by atoms with Crippen LogP contribution in [0.4, 0.5) is 0 Å². The lowest BCUT2D eigenvalue weighted by molar-refractivity contribution is 0.522. The summed E-state index contributed by atoms with van der Waals surface area (Å²) in [7, 11) is 0. The number of hydrogen-bond donors (Lipinski definition) is 0. The molecule has 0 heterocycles. The molecule has 0 bridgehead atoms. The Balaban J connectivity index is 2.57. The van der Waals surface area contributed by atoms with Crippen LogP contribution in [0.3, 0.4) is 0 Å². The van der Waals surface area contributed by atoms with Gasteiger partial charge in [0.2, 0.25) is 0 Å². The molecule has 0 spiro atoms. The lowest BCUT2D eigenvalue weighted by Gasteiger charge is -2.34. The number of aryl methyl sites for hydroxylation is 1. The third-order valence-corrected chi connectivity index (χ3v) is 7.31. The van der Waals surface area contributed by atoms with Crippen molar-refractivity contribution in [2.24, 2.45) is 0 Å². The molecule has 35 heavy (non-hydrogen) atoms. The van der Waals surface area contributed by atoms with E-state index in [2.05, 4.69) is 134 Å². The molecule has 0 atom stereocenters. The summed E-state index contributed by atoms with van der Waals surface area (Å²) in [5.74, 6) is 0. The summed E-state index contributed by atoms with van der Waals surface area (Å²) in [4.78, 5) is 0. The van der Waals surface area contributed by atoms with Crippen molar-refractivity contribution < 1.29 is 0 Å². The van der Waals surface area contributed by atoms with Crippen LogP contribution in [0.5, 0.6) is 0 Å². The molecule has 0 aliphatic rings. The molecular formula is C35H56. The highest BCUT2D eigenvalue weighted by atomic mass is 14.3. The zero-order valence-corrected chi connectivity index (χ0v) is 26.0. The van der Waals surface area contributed by atoms with Gasteiger partial charge in [-0.25, -0.2) is 0 Å². The molecule has 2 aromatic carbocycles. The Hall–Kier alpha value is -1.56. The van der Waals surface area contributed by atoms with E-state index in [1.807, 2.05) is 0 Å². The summed E-state index contributed by atoms with van der Waals surface area (Å²) < 4.78 is 0. The minimum Gasteiger partial charge on any atom is -0.0617 e. The first-order chi connectivity index (χ1) is 15.5. The Morgan fingerprint density at radius 3 is 1.31 bits per heavy atom. The summed E-state index contributed by atoms with van der Waals surface area (Å²) in [5, 5.41) is 0. The van der Waals surface area contributed by atoms with E-state index in [4.69, 9.17) is 0 Å². The van der Waals surface area contributed by atoms with Gasteiger partial charge in [-0.1, -0.05) is 134 Å². The molecule has 0 fully saturated rings. The monoisotopic (exact) mass is 476 g/mol. The standard InChI is InChI=1S/C35H56/c1-31(2,3)25-22-28(33(7,8)9)26(29(23-25)34(10,11)12)20-16-18-24-19-17-21-27(32(4,5)6)30(24)35(13,14)15/h17,19,21-23H,16,18,20H2,1-15H3. The molecule has 0 radical (unpaired) electrons. The molecule has 0 unspecified atom stereocenters. The van der Waals surface area contributed by atoms with Crippen molar-refractivity contribution in [3.05, 3.63) is 69.3 Å². The van der Waals surface area contributed by atoms with Crippen LogP contribution in [0.2, 0.25) is 0 Å². The van der Waals surface area contributed by atoms with Crippen LogP contribution in [-0.4, -0.2) is 0 Å². The van der Waals surface area contributed by atoms with Crippen molar-refractivity contribution in [3.63, 3.8) is 0 Å². The van der Waals surface area contributed by atoms with Gasteiger partial charge in [-0.3, -0.25) is 0 Å². The number of rotatable bonds is 4. The Labute approximate surface area is 219 Å². The van der Waals surface area contributed by atoms with E-state index in [9.17, 15) is 0 Å². The molecule has 0 saturated carbocycles. The van der Waals surface area contributed by atoms with Gasteiger partial charge in [0.1, 0.15) is 0 Å². The van der Waals surface area contributed by atoms with E-state index >= 15 is 0 Å². The first-order valence-corrected chi connectivity index (χ1v) is 13.9. The molecule has 2 aromatic rings. The van der Waals surface area contributed by atoms with Crippen LogP contribution in [-0.2, 0) is 39.9 Å². The quantitative estimate of drug-likeness (QED) is 0.411. The summed E-state index contributed by atoms with van der Waals surface area (Å²) in [6.07, 6.45) is 3.44. The second-order valence-electron chi connectivity index (χ2n) is 16.0. The summed E-state index contributed by atoms with van der Waals surface area (Å²) >= 11 is 0. The second kappa shape index (κ2) is 9.72. The first-order valence-electron chi connectivity index (χ1n) is 13.9. The fourth-order valence-electron chi connectivity index (χ4n) is 5.49. The molecule has 0 aliphatic carbocycles. The van der Waals surface area contributed by atoms with Gasteiger partial charge in [0.15, 0.2) is 0 Å². The van der Waals surface area contributed by atoms with Crippen molar-refractivity contribution in [2.75, 3.05) is 0 Å². The summed E-state index contributed by atoms with van der Waals surface area (Å²) in [5.41, 5.74) is 11.4. The van der Waals surface area contributed by atoms with Gasteiger partial charge >= 0.3 is 0 Å². The Morgan fingerprint density at radius 1 is 0.486 bits per heavy atom. The normalized spacial score (nSPS) is 13.9. The van der Waals surface area contributed by atoms with E-state index in [0.29, 0.717) is 0 Å². The molecule has 0 nitrogen and oxygen atoms in total. The molecule has 0 aliphatic heterocycles. The average Bonchev–Trinajstić information content (AvgIpc) is 2.63. The zero-order chi connectivity index (χ0) is 27.2. The van der Waals surface area contributed by atoms with Gasteiger partial charge in [0.05, 0.1) is 0 Å². The molecule has 2 rings (SSSR count). The smallest absolute Gasteiger partial charge is 0.0126 e. The van der Waals surface area contributed by atoms with Crippen LogP contribution >= 0.6 is 0 Å². The highest BCUT2D eigenvalue weighted by Crippen LogP contribution is 2.40. The van der Waals surface area contributed by atoms with Crippen molar-refractivity contribution in [3.8, 4) is 0 Å². The maximum absolute atomic E-state index is 2.52. The van der Waals surface area contributed by atoms with E-state index in [1.165, 1.54) is 34.2 Å². The SMILES string of the molecule is CC(C)(C)c1cc(C(C)(C)C)c(CCCc2cccc(C(C)(C)C)c2C(C)(C)C)c(C(C)(C)C)c1. The van der Waals surface area contributed by atoms with Gasteiger partial charge in [-0.15, -0.1) is 0 Å². The van der Waals surface area contributed by atoms with Crippen molar-refractivity contribution in [2.45, 2.75) is 150 Å². The van der Waals surface area contributed by atoms with E-state index in [-0.39, 0.29) is 27.1 Å². The molecule has 196 valence electrons. The fourth-order valence-corrected chi connectivity index (χ4v) is 5.49. The maximum atomic E-state index is 2.52. The second-order valence-corrected chi connectivity index (χ2v) is 16.0. The molecule has 0 amide bonds. The lowest BCUT2D eigenvalue weighted by atomic mass is 9.71. The van der Waals surface area contributed by atoms with Crippen LogP contribution in [0.25, 0.3) is 0 Å². The molecule has 0 saturated heterocycles. The molecule has 0 N–H and O–H groups in total. The lowest BCUT2D eigenvalue weighted by Crippen LogP contribution is -2.25. The third-order valence-electron chi connectivity index (χ3n) is 7.31. The van der Waals surface area contributed by atoms with Crippen LogP contribution in [0.1, 0.15) is 149 Å². The van der Waals surface area contributed by atoms with Gasteiger partial charge in [0, 0.05) is 0 Å². The van der Waals surface area contributed by atoms with E-state index in [0.717, 1.165) is 12.8 Å². The van der Waals surface area contributed by atoms with Crippen molar-refractivity contribution >= 4 is 0 Å². The van der Waals surface area contributed by atoms with Gasteiger partial charge in [0.25, 0.3) is 0 Å². The minimum absolute atomic E-state index is 0.124. The van der Waals surface area contributed by atoms with Gasteiger partial charge < -0.3 is 0 Å². The Morgan fingerprint density at radius 2 is 0.943 bits per heavy atom. The maximum Gasteiger partial charge on any atom is -0.0126 e. The fraction of sp³-hybridized carbons (Fsp3) is 0.657.